The predicted molar refractivity (Wildman–Crippen MR) is 86.5 cm³/mol. The molecule has 3 N–H and O–H groups in total. The molecule has 1 aliphatic carbocycles. The highest BCUT2D eigenvalue weighted by Gasteiger charge is 2.44. The summed E-state index contributed by atoms with van der Waals surface area (Å²) in [5.74, 6) is 6.88. The Morgan fingerprint density at radius 2 is 1.95 bits per heavy atom. The maximum absolute atomic E-state index is 6.18. The molecular formula is C16H16BrClN2. The average Bonchev–Trinajstić information content (AvgIpc) is 3.25. The molecule has 3 rings (SSSR count). The molecule has 0 aliphatic heterocycles. The minimum absolute atomic E-state index is 0.144. The minimum Gasteiger partial charge on any atom is -0.271 e. The van der Waals surface area contributed by atoms with E-state index in [1.165, 1.54) is 5.56 Å². The van der Waals surface area contributed by atoms with E-state index in [0.717, 1.165) is 21.5 Å². The lowest BCUT2D eigenvalue weighted by Crippen LogP contribution is -2.29. The van der Waals surface area contributed by atoms with Gasteiger partial charge in [-0.15, -0.1) is 0 Å². The second kappa shape index (κ2) is 5.86. The molecule has 2 aromatic rings. The molecule has 0 heterocycles. The Morgan fingerprint density at radius 1 is 1.20 bits per heavy atom. The van der Waals surface area contributed by atoms with Crippen molar-refractivity contribution in [1.82, 2.24) is 5.43 Å². The quantitative estimate of drug-likeness (QED) is 0.632. The Labute approximate surface area is 132 Å². The molecule has 1 aliphatic rings. The maximum Gasteiger partial charge on any atom is 0.0551 e. The van der Waals surface area contributed by atoms with Crippen LogP contribution in [0.25, 0.3) is 0 Å². The number of hydrazine groups is 1. The van der Waals surface area contributed by atoms with E-state index in [1.54, 1.807) is 0 Å². The van der Waals surface area contributed by atoms with Crippen molar-refractivity contribution in [2.75, 3.05) is 0 Å². The molecule has 104 valence electrons. The second-order valence-electron chi connectivity index (χ2n) is 5.23. The minimum atomic E-state index is 0.144. The molecule has 0 radical (unpaired) electrons. The number of hydrogen-bond acceptors (Lipinski definition) is 2. The SMILES string of the molecule is NNC(c1ccc(Br)c(Cl)c1)C1CC1c1ccccc1. The number of halogens is 2. The Kier molecular flexibility index (Phi) is 4.13. The van der Waals surface area contributed by atoms with Crippen LogP contribution in [0.4, 0.5) is 0 Å². The molecule has 2 nitrogen and oxygen atoms in total. The molecule has 1 saturated carbocycles. The van der Waals surface area contributed by atoms with E-state index in [0.29, 0.717) is 11.8 Å². The van der Waals surface area contributed by atoms with Crippen LogP contribution in [0, 0.1) is 5.92 Å². The standard InChI is InChI=1S/C16H16BrClN2/c17-14-7-6-11(8-15(14)18)16(20-19)13-9-12(13)10-4-2-1-3-5-10/h1-8,12-13,16,20H,9,19H2. The maximum atomic E-state index is 6.18. The van der Waals surface area contributed by atoms with Gasteiger partial charge >= 0.3 is 0 Å². The molecule has 3 atom stereocenters. The van der Waals surface area contributed by atoms with Crippen molar-refractivity contribution in [2.24, 2.45) is 11.8 Å². The van der Waals surface area contributed by atoms with Gasteiger partial charge in [-0.3, -0.25) is 11.3 Å². The van der Waals surface area contributed by atoms with Crippen LogP contribution in [0.2, 0.25) is 5.02 Å². The van der Waals surface area contributed by atoms with Gasteiger partial charge in [-0.25, -0.2) is 0 Å². The Balaban J connectivity index is 1.80. The van der Waals surface area contributed by atoms with Crippen molar-refractivity contribution in [2.45, 2.75) is 18.4 Å². The normalized spacial score (nSPS) is 22.6. The summed E-state index contributed by atoms with van der Waals surface area (Å²) in [6.07, 6.45) is 1.16. The lowest BCUT2D eigenvalue weighted by Gasteiger charge is -2.17. The van der Waals surface area contributed by atoms with E-state index in [9.17, 15) is 0 Å². The van der Waals surface area contributed by atoms with Gasteiger partial charge in [-0.05, 0) is 57.4 Å². The highest BCUT2D eigenvalue weighted by atomic mass is 79.9. The van der Waals surface area contributed by atoms with Gasteiger partial charge in [0.15, 0.2) is 0 Å². The lowest BCUT2D eigenvalue weighted by molar-refractivity contribution is 0.487. The van der Waals surface area contributed by atoms with Crippen LogP contribution >= 0.6 is 27.5 Å². The molecule has 0 spiro atoms. The largest absolute Gasteiger partial charge is 0.271 e. The number of nitrogens with one attached hydrogen (secondary N) is 1. The lowest BCUT2D eigenvalue weighted by atomic mass is 9.99. The Hall–Kier alpha value is -0.870. The first-order chi connectivity index (χ1) is 9.70. The Bertz CT molecular complexity index is 603. The summed E-state index contributed by atoms with van der Waals surface area (Å²) in [6, 6.07) is 16.8. The summed E-state index contributed by atoms with van der Waals surface area (Å²) in [4.78, 5) is 0. The summed E-state index contributed by atoms with van der Waals surface area (Å²) < 4.78 is 0.911. The fraction of sp³-hybridized carbons (Fsp3) is 0.250. The van der Waals surface area contributed by atoms with Crippen LogP contribution in [0.1, 0.15) is 29.5 Å². The summed E-state index contributed by atoms with van der Waals surface area (Å²) in [6.45, 7) is 0. The molecule has 3 unspecified atom stereocenters. The average molecular weight is 352 g/mol. The van der Waals surface area contributed by atoms with Gasteiger partial charge in [0.2, 0.25) is 0 Å². The molecule has 0 bridgehead atoms. The highest BCUT2D eigenvalue weighted by Crippen LogP contribution is 2.54. The van der Waals surface area contributed by atoms with Gasteiger partial charge in [-0.2, -0.15) is 0 Å². The van der Waals surface area contributed by atoms with Gasteiger partial charge < -0.3 is 0 Å². The highest BCUT2D eigenvalue weighted by molar-refractivity contribution is 9.10. The smallest absolute Gasteiger partial charge is 0.0551 e. The summed E-state index contributed by atoms with van der Waals surface area (Å²) in [5.41, 5.74) is 5.49. The van der Waals surface area contributed by atoms with E-state index in [4.69, 9.17) is 17.4 Å². The third-order valence-electron chi connectivity index (χ3n) is 3.98. The first-order valence-electron chi connectivity index (χ1n) is 6.66. The summed E-state index contributed by atoms with van der Waals surface area (Å²) in [5, 5.41) is 0.722. The van der Waals surface area contributed by atoms with Crippen molar-refractivity contribution in [3.63, 3.8) is 0 Å². The second-order valence-corrected chi connectivity index (χ2v) is 6.50. The zero-order valence-corrected chi connectivity index (χ0v) is 13.2. The van der Waals surface area contributed by atoms with Gasteiger partial charge in [0.25, 0.3) is 0 Å². The van der Waals surface area contributed by atoms with Gasteiger partial charge in [0.1, 0.15) is 0 Å². The fourth-order valence-corrected chi connectivity index (χ4v) is 3.28. The zero-order valence-electron chi connectivity index (χ0n) is 10.9. The van der Waals surface area contributed by atoms with Crippen molar-refractivity contribution < 1.29 is 0 Å². The van der Waals surface area contributed by atoms with E-state index < -0.39 is 0 Å². The summed E-state index contributed by atoms with van der Waals surface area (Å²) >= 11 is 9.60. The molecule has 20 heavy (non-hydrogen) atoms. The molecule has 2 aromatic carbocycles. The van der Waals surface area contributed by atoms with Crippen LogP contribution in [0.15, 0.2) is 53.0 Å². The number of rotatable bonds is 4. The van der Waals surface area contributed by atoms with Crippen LogP contribution < -0.4 is 11.3 Å². The summed E-state index contributed by atoms with van der Waals surface area (Å²) in [7, 11) is 0. The van der Waals surface area contributed by atoms with Crippen LogP contribution in [0.5, 0.6) is 0 Å². The first kappa shape index (κ1) is 14.1. The Morgan fingerprint density at radius 3 is 2.60 bits per heavy atom. The number of nitrogens with two attached hydrogens (primary N) is 1. The van der Waals surface area contributed by atoms with E-state index in [-0.39, 0.29) is 6.04 Å². The monoisotopic (exact) mass is 350 g/mol. The third-order valence-corrected chi connectivity index (χ3v) is 5.21. The predicted octanol–water partition coefficient (Wildman–Crippen LogP) is 4.41. The van der Waals surface area contributed by atoms with Crippen molar-refractivity contribution in [3.05, 3.63) is 69.2 Å². The molecular weight excluding hydrogens is 336 g/mol. The van der Waals surface area contributed by atoms with Crippen molar-refractivity contribution in [3.8, 4) is 0 Å². The molecule has 0 aromatic heterocycles. The van der Waals surface area contributed by atoms with Crippen LogP contribution in [0.3, 0.4) is 0 Å². The molecule has 0 amide bonds. The molecule has 1 fully saturated rings. The topological polar surface area (TPSA) is 38.0 Å². The van der Waals surface area contributed by atoms with Crippen LogP contribution in [-0.4, -0.2) is 0 Å². The van der Waals surface area contributed by atoms with Gasteiger partial charge in [-0.1, -0.05) is 48.0 Å². The van der Waals surface area contributed by atoms with Crippen molar-refractivity contribution >= 4 is 27.5 Å². The van der Waals surface area contributed by atoms with E-state index in [1.807, 2.05) is 18.2 Å². The first-order valence-corrected chi connectivity index (χ1v) is 7.84. The third kappa shape index (κ3) is 2.77. The number of benzene rings is 2. The van der Waals surface area contributed by atoms with Gasteiger partial charge in [0.05, 0.1) is 5.02 Å². The van der Waals surface area contributed by atoms with E-state index >= 15 is 0 Å². The van der Waals surface area contributed by atoms with E-state index in [2.05, 4.69) is 51.7 Å². The fourth-order valence-electron chi connectivity index (χ4n) is 2.84. The van der Waals surface area contributed by atoms with Crippen molar-refractivity contribution in [1.29, 1.82) is 0 Å². The van der Waals surface area contributed by atoms with Gasteiger partial charge in [0, 0.05) is 10.5 Å². The van der Waals surface area contributed by atoms with Crippen LogP contribution in [-0.2, 0) is 0 Å². The molecule has 4 heteroatoms. The number of hydrogen-bond donors (Lipinski definition) is 2. The zero-order chi connectivity index (χ0) is 14.1. The molecule has 0 saturated heterocycles.